The summed E-state index contributed by atoms with van der Waals surface area (Å²) in [5.41, 5.74) is 1.89. The zero-order valence-electron chi connectivity index (χ0n) is 10.5. The average molecular weight is 266 g/mol. The molecule has 0 heterocycles. The third kappa shape index (κ3) is 2.72. The minimum Gasteiger partial charge on any atom is -0.507 e. The molecule has 1 N–H and O–H groups in total. The summed E-state index contributed by atoms with van der Waals surface area (Å²) in [7, 11) is 0. The van der Waals surface area contributed by atoms with E-state index in [0.29, 0.717) is 16.7 Å². The molecule has 0 amide bonds. The van der Waals surface area contributed by atoms with Crippen molar-refractivity contribution in [2.24, 2.45) is 0 Å². The first-order chi connectivity index (χ1) is 8.79. The zero-order chi connectivity index (χ0) is 14.2. The third-order valence-electron chi connectivity index (χ3n) is 3.00. The smallest absolute Gasteiger partial charge is 0.416 e. The predicted octanol–water partition coefficient (Wildman–Crippen LogP) is 4.69. The van der Waals surface area contributed by atoms with Crippen LogP contribution < -0.4 is 0 Å². The van der Waals surface area contributed by atoms with Crippen molar-refractivity contribution in [3.63, 3.8) is 0 Å². The molecule has 0 unspecified atom stereocenters. The summed E-state index contributed by atoms with van der Waals surface area (Å²) in [6, 6.07) is 8.57. The Morgan fingerprint density at radius 2 is 1.58 bits per heavy atom. The van der Waals surface area contributed by atoms with E-state index in [1.807, 2.05) is 6.92 Å². The van der Waals surface area contributed by atoms with E-state index in [1.54, 1.807) is 25.1 Å². The van der Waals surface area contributed by atoms with Crippen molar-refractivity contribution in [2.75, 3.05) is 0 Å². The van der Waals surface area contributed by atoms with Crippen LogP contribution in [0.25, 0.3) is 11.1 Å². The average Bonchev–Trinajstić information content (AvgIpc) is 2.31. The molecule has 0 spiro atoms. The summed E-state index contributed by atoms with van der Waals surface area (Å²) in [4.78, 5) is 0. The van der Waals surface area contributed by atoms with Gasteiger partial charge in [0.05, 0.1) is 5.56 Å². The number of benzene rings is 2. The van der Waals surface area contributed by atoms with Crippen LogP contribution in [0.15, 0.2) is 36.4 Å². The van der Waals surface area contributed by atoms with Gasteiger partial charge >= 0.3 is 6.18 Å². The number of hydrogen-bond acceptors (Lipinski definition) is 1. The van der Waals surface area contributed by atoms with Crippen LogP contribution in [-0.2, 0) is 6.18 Å². The van der Waals surface area contributed by atoms with Crippen LogP contribution in [0.3, 0.4) is 0 Å². The van der Waals surface area contributed by atoms with E-state index >= 15 is 0 Å². The van der Waals surface area contributed by atoms with E-state index in [9.17, 15) is 18.3 Å². The Morgan fingerprint density at radius 1 is 0.895 bits per heavy atom. The number of hydrogen-bond donors (Lipinski definition) is 1. The number of alkyl halides is 3. The van der Waals surface area contributed by atoms with Gasteiger partial charge in [0, 0.05) is 5.56 Å². The predicted molar refractivity (Wildman–Crippen MR) is 68.0 cm³/mol. The number of aryl methyl sites for hydroxylation is 2. The zero-order valence-corrected chi connectivity index (χ0v) is 10.5. The van der Waals surface area contributed by atoms with Crippen molar-refractivity contribution < 1.29 is 18.3 Å². The molecule has 1 nitrogen and oxygen atoms in total. The van der Waals surface area contributed by atoms with E-state index in [2.05, 4.69) is 0 Å². The molecule has 0 fully saturated rings. The van der Waals surface area contributed by atoms with Crippen molar-refractivity contribution in [2.45, 2.75) is 20.0 Å². The van der Waals surface area contributed by atoms with Crippen LogP contribution in [-0.4, -0.2) is 5.11 Å². The SMILES string of the molecule is Cc1ccc(O)c(-c2ccc(C(F)(F)F)cc2C)c1. The molecular formula is C15H13F3O. The molecule has 19 heavy (non-hydrogen) atoms. The molecule has 2 aromatic carbocycles. The molecule has 0 radical (unpaired) electrons. The summed E-state index contributed by atoms with van der Waals surface area (Å²) in [6.45, 7) is 3.47. The highest BCUT2D eigenvalue weighted by Gasteiger charge is 2.30. The highest BCUT2D eigenvalue weighted by Crippen LogP contribution is 2.36. The maximum atomic E-state index is 12.6. The Morgan fingerprint density at radius 3 is 2.16 bits per heavy atom. The standard InChI is InChI=1S/C15H13F3O/c1-9-3-6-14(19)13(7-9)12-5-4-11(8-10(12)2)15(16,17)18/h3-8,19H,1-2H3. The van der Waals surface area contributed by atoms with Crippen LogP contribution in [0.4, 0.5) is 13.2 Å². The second-order valence-corrected chi connectivity index (χ2v) is 4.55. The largest absolute Gasteiger partial charge is 0.507 e. The van der Waals surface area contributed by atoms with Crippen LogP contribution in [0.1, 0.15) is 16.7 Å². The Labute approximate surface area is 109 Å². The first-order valence-corrected chi connectivity index (χ1v) is 5.77. The maximum absolute atomic E-state index is 12.6. The lowest BCUT2D eigenvalue weighted by atomic mass is 9.96. The Bertz CT molecular complexity index is 615. The van der Waals surface area contributed by atoms with Crippen LogP contribution in [0.2, 0.25) is 0 Å². The Balaban J connectivity index is 2.55. The molecule has 0 aliphatic heterocycles. The Hall–Kier alpha value is -1.97. The normalized spacial score (nSPS) is 11.6. The lowest BCUT2D eigenvalue weighted by molar-refractivity contribution is -0.137. The molecule has 0 atom stereocenters. The van der Waals surface area contributed by atoms with Gasteiger partial charge in [0.2, 0.25) is 0 Å². The topological polar surface area (TPSA) is 20.2 Å². The summed E-state index contributed by atoms with van der Waals surface area (Å²) >= 11 is 0. The second kappa shape index (κ2) is 4.61. The lowest BCUT2D eigenvalue weighted by Gasteiger charge is -2.12. The van der Waals surface area contributed by atoms with E-state index in [4.69, 9.17) is 0 Å². The van der Waals surface area contributed by atoms with Gasteiger partial charge in [-0.1, -0.05) is 17.7 Å². The van der Waals surface area contributed by atoms with Gasteiger partial charge in [0.25, 0.3) is 0 Å². The van der Waals surface area contributed by atoms with E-state index in [1.165, 1.54) is 6.07 Å². The highest BCUT2D eigenvalue weighted by molar-refractivity contribution is 5.73. The quantitative estimate of drug-likeness (QED) is 0.793. The van der Waals surface area contributed by atoms with Gasteiger partial charge in [-0.3, -0.25) is 0 Å². The van der Waals surface area contributed by atoms with E-state index < -0.39 is 11.7 Å². The van der Waals surface area contributed by atoms with Gasteiger partial charge in [-0.05, 0) is 49.2 Å². The second-order valence-electron chi connectivity index (χ2n) is 4.55. The lowest BCUT2D eigenvalue weighted by Crippen LogP contribution is -2.05. The molecule has 2 aromatic rings. The van der Waals surface area contributed by atoms with Crippen molar-refractivity contribution >= 4 is 0 Å². The van der Waals surface area contributed by atoms with Gasteiger partial charge in [0.1, 0.15) is 5.75 Å². The van der Waals surface area contributed by atoms with Crippen LogP contribution in [0, 0.1) is 13.8 Å². The first-order valence-electron chi connectivity index (χ1n) is 5.77. The van der Waals surface area contributed by atoms with Gasteiger partial charge in [-0.2, -0.15) is 13.2 Å². The molecule has 2 rings (SSSR count). The molecule has 0 aliphatic rings. The van der Waals surface area contributed by atoms with Gasteiger partial charge in [-0.15, -0.1) is 0 Å². The molecule has 0 saturated heterocycles. The molecule has 0 aliphatic carbocycles. The number of halogens is 3. The van der Waals surface area contributed by atoms with Crippen molar-refractivity contribution in [3.05, 3.63) is 53.1 Å². The Kier molecular flexibility index (Phi) is 3.27. The number of rotatable bonds is 1. The number of aromatic hydroxyl groups is 1. The van der Waals surface area contributed by atoms with E-state index in [0.717, 1.165) is 17.7 Å². The van der Waals surface area contributed by atoms with E-state index in [-0.39, 0.29) is 5.75 Å². The van der Waals surface area contributed by atoms with Crippen molar-refractivity contribution in [1.82, 2.24) is 0 Å². The van der Waals surface area contributed by atoms with Gasteiger partial charge in [0.15, 0.2) is 0 Å². The molecule has 0 aromatic heterocycles. The van der Waals surface area contributed by atoms with Gasteiger partial charge < -0.3 is 5.11 Å². The highest BCUT2D eigenvalue weighted by atomic mass is 19.4. The monoisotopic (exact) mass is 266 g/mol. The summed E-state index contributed by atoms with van der Waals surface area (Å²) < 4.78 is 37.8. The first kappa shape index (κ1) is 13.5. The maximum Gasteiger partial charge on any atom is 0.416 e. The summed E-state index contributed by atoms with van der Waals surface area (Å²) in [5.74, 6) is 0.0634. The molecule has 0 saturated carbocycles. The fourth-order valence-corrected chi connectivity index (χ4v) is 2.01. The van der Waals surface area contributed by atoms with Crippen LogP contribution in [0.5, 0.6) is 5.75 Å². The van der Waals surface area contributed by atoms with Gasteiger partial charge in [-0.25, -0.2) is 0 Å². The third-order valence-corrected chi connectivity index (χ3v) is 3.00. The summed E-state index contributed by atoms with van der Waals surface area (Å²) in [5, 5.41) is 9.82. The fraction of sp³-hybridized carbons (Fsp3) is 0.200. The fourth-order valence-electron chi connectivity index (χ4n) is 2.01. The number of phenols is 1. The summed E-state index contributed by atoms with van der Waals surface area (Å²) in [6.07, 6.45) is -4.35. The molecule has 0 bridgehead atoms. The van der Waals surface area contributed by atoms with Crippen molar-refractivity contribution in [3.8, 4) is 16.9 Å². The molecular weight excluding hydrogens is 253 g/mol. The minimum atomic E-state index is -4.35. The number of phenolic OH excluding ortho intramolecular Hbond substituents is 1. The minimum absolute atomic E-state index is 0.0634. The van der Waals surface area contributed by atoms with Crippen molar-refractivity contribution in [1.29, 1.82) is 0 Å². The van der Waals surface area contributed by atoms with Crippen LogP contribution >= 0.6 is 0 Å². The molecule has 4 heteroatoms. The molecule has 100 valence electrons.